The van der Waals surface area contributed by atoms with Gasteiger partial charge in [0.15, 0.2) is 10.8 Å². The Morgan fingerprint density at radius 2 is 2.34 bits per heavy atom. The summed E-state index contributed by atoms with van der Waals surface area (Å²) in [6.45, 7) is 2.39. The molecular formula is C20H16BrFN4O2S. The monoisotopic (exact) mass is 474 g/mol. The van der Waals surface area contributed by atoms with Crippen LogP contribution in [0.25, 0.3) is 0 Å². The number of rotatable bonds is 4. The van der Waals surface area contributed by atoms with Crippen molar-refractivity contribution in [1.82, 2.24) is 9.88 Å². The van der Waals surface area contributed by atoms with E-state index < -0.39 is 17.8 Å². The van der Waals surface area contributed by atoms with Crippen LogP contribution in [-0.4, -0.2) is 34.8 Å². The van der Waals surface area contributed by atoms with E-state index in [-0.39, 0.29) is 12.5 Å². The van der Waals surface area contributed by atoms with Crippen LogP contribution in [0.3, 0.4) is 0 Å². The molecule has 1 aromatic carbocycles. The predicted octanol–water partition coefficient (Wildman–Crippen LogP) is 4.21. The highest BCUT2D eigenvalue weighted by molar-refractivity contribution is 9.10. The molecule has 2 aliphatic heterocycles. The zero-order chi connectivity index (χ0) is 20.5. The molecule has 0 unspecified atom stereocenters. The lowest BCUT2D eigenvalue weighted by atomic mass is 9.94. The Bertz CT molecular complexity index is 1060. The number of fused-ring (bicyclic) bond motifs is 1. The number of nitriles is 1. The Labute approximate surface area is 179 Å². The quantitative estimate of drug-likeness (QED) is 0.620. The molecule has 1 saturated heterocycles. The Kier molecular flexibility index (Phi) is 5.48. The second-order valence-electron chi connectivity index (χ2n) is 6.58. The molecule has 0 saturated carbocycles. The van der Waals surface area contributed by atoms with Gasteiger partial charge in [0.25, 0.3) is 0 Å². The normalized spacial score (nSPS) is 20.9. The van der Waals surface area contributed by atoms with Gasteiger partial charge in [-0.05, 0) is 24.6 Å². The molecule has 0 bridgehead atoms. The van der Waals surface area contributed by atoms with Crippen LogP contribution in [0.15, 0.2) is 50.5 Å². The average Bonchev–Trinajstić information content (AvgIpc) is 3.37. The zero-order valence-corrected chi connectivity index (χ0v) is 17.8. The molecule has 9 heteroatoms. The van der Waals surface area contributed by atoms with Gasteiger partial charge in [-0.15, -0.1) is 11.3 Å². The van der Waals surface area contributed by atoms with Crippen LogP contribution in [0.4, 0.5) is 4.39 Å². The molecule has 1 fully saturated rings. The molecule has 6 nitrogen and oxygen atoms in total. The summed E-state index contributed by atoms with van der Waals surface area (Å²) in [6, 6.07) is 5.90. The predicted molar refractivity (Wildman–Crippen MR) is 110 cm³/mol. The summed E-state index contributed by atoms with van der Waals surface area (Å²) in [4.78, 5) is 24.1. The van der Waals surface area contributed by atoms with E-state index in [9.17, 15) is 14.4 Å². The van der Waals surface area contributed by atoms with Crippen molar-refractivity contribution < 1.29 is 13.9 Å². The van der Waals surface area contributed by atoms with E-state index in [0.717, 1.165) is 5.70 Å². The smallest absolute Gasteiger partial charge is 0.338 e. The summed E-state index contributed by atoms with van der Waals surface area (Å²) in [5.74, 6) is -0.524. The van der Waals surface area contributed by atoms with E-state index >= 15 is 0 Å². The van der Waals surface area contributed by atoms with Gasteiger partial charge in [0.2, 0.25) is 0 Å². The number of carbonyl (C=O) groups is 1. The number of nitrogens with zero attached hydrogens (tertiary/aromatic N) is 4. The highest BCUT2D eigenvalue weighted by Crippen LogP contribution is 2.43. The third-order valence-corrected chi connectivity index (χ3v) is 6.27. The molecular weight excluding hydrogens is 459 g/mol. The van der Waals surface area contributed by atoms with Crippen molar-refractivity contribution >= 4 is 39.1 Å². The fraction of sp³-hybridized carbons (Fsp3) is 0.300. The Balaban J connectivity index is 1.92. The summed E-state index contributed by atoms with van der Waals surface area (Å²) >= 11 is 4.84. The van der Waals surface area contributed by atoms with Crippen molar-refractivity contribution in [2.24, 2.45) is 10.9 Å². The van der Waals surface area contributed by atoms with Crippen molar-refractivity contribution in [3.8, 4) is 6.07 Å². The molecule has 0 spiro atoms. The largest absolute Gasteiger partial charge is 0.463 e. The lowest BCUT2D eigenvalue weighted by Crippen LogP contribution is -2.35. The lowest BCUT2D eigenvalue weighted by molar-refractivity contribution is -0.139. The number of amidine groups is 1. The maximum atomic E-state index is 13.7. The number of carbonyl (C=O) groups excluding carboxylic acids is 1. The number of benzene rings is 1. The first-order chi connectivity index (χ1) is 14.0. The SMILES string of the molecule is CCOC(=O)C1=C2C[C@@H](C#N)CN2C(c2nccs2)=N[C@H]1c1ccc(F)cc1Br. The fourth-order valence-corrected chi connectivity index (χ4v) is 4.81. The molecule has 148 valence electrons. The Morgan fingerprint density at radius 1 is 1.52 bits per heavy atom. The summed E-state index contributed by atoms with van der Waals surface area (Å²) in [6.07, 6.45) is 2.11. The van der Waals surface area contributed by atoms with Crippen LogP contribution in [0.2, 0.25) is 0 Å². The average molecular weight is 475 g/mol. The molecule has 0 radical (unpaired) electrons. The number of hydrogen-bond donors (Lipinski definition) is 0. The van der Waals surface area contributed by atoms with Crippen LogP contribution in [0, 0.1) is 23.1 Å². The summed E-state index contributed by atoms with van der Waals surface area (Å²) in [7, 11) is 0. The second-order valence-corrected chi connectivity index (χ2v) is 8.33. The highest BCUT2D eigenvalue weighted by atomic mass is 79.9. The second kappa shape index (κ2) is 8.05. The topological polar surface area (TPSA) is 78.6 Å². The Hall–Kier alpha value is -2.57. The molecule has 0 aliphatic carbocycles. The van der Waals surface area contributed by atoms with Gasteiger partial charge in [-0.1, -0.05) is 22.0 Å². The molecule has 3 heterocycles. The minimum Gasteiger partial charge on any atom is -0.463 e. The molecule has 0 amide bonds. The van der Waals surface area contributed by atoms with Crippen molar-refractivity contribution in [3.63, 3.8) is 0 Å². The maximum Gasteiger partial charge on any atom is 0.338 e. The number of halogens is 2. The maximum absolute atomic E-state index is 13.7. The van der Waals surface area contributed by atoms with E-state index in [1.54, 1.807) is 19.2 Å². The van der Waals surface area contributed by atoms with Crippen molar-refractivity contribution in [1.29, 1.82) is 5.26 Å². The minimum absolute atomic E-state index is 0.220. The van der Waals surface area contributed by atoms with Gasteiger partial charge >= 0.3 is 5.97 Å². The van der Waals surface area contributed by atoms with Crippen LogP contribution in [0.1, 0.15) is 30.0 Å². The van der Waals surface area contributed by atoms with Crippen LogP contribution in [0.5, 0.6) is 0 Å². The first kappa shape index (κ1) is 19.7. The van der Waals surface area contributed by atoms with Crippen molar-refractivity contribution in [2.45, 2.75) is 19.4 Å². The Morgan fingerprint density at radius 3 is 3.00 bits per heavy atom. The van der Waals surface area contributed by atoms with Crippen molar-refractivity contribution in [3.05, 3.63) is 61.9 Å². The van der Waals surface area contributed by atoms with E-state index in [4.69, 9.17) is 9.73 Å². The fourth-order valence-electron chi connectivity index (χ4n) is 3.60. The molecule has 2 atom stereocenters. The third kappa shape index (κ3) is 3.58. The van der Waals surface area contributed by atoms with Gasteiger partial charge in [0.05, 0.1) is 24.2 Å². The number of ether oxygens (including phenoxy) is 1. The van der Waals surface area contributed by atoms with E-state index in [1.165, 1.54) is 23.5 Å². The summed E-state index contributed by atoms with van der Waals surface area (Å²) in [5, 5.41) is 12.0. The third-order valence-electron chi connectivity index (χ3n) is 4.82. The molecule has 29 heavy (non-hydrogen) atoms. The first-order valence-corrected chi connectivity index (χ1v) is 10.7. The molecule has 1 aromatic heterocycles. The molecule has 2 aliphatic rings. The number of thiazole rings is 1. The number of aliphatic imine (C=N–C) groups is 1. The lowest BCUT2D eigenvalue weighted by Gasteiger charge is -2.31. The van der Waals surface area contributed by atoms with E-state index in [2.05, 4.69) is 27.0 Å². The summed E-state index contributed by atoms with van der Waals surface area (Å²) in [5.41, 5.74) is 1.75. The van der Waals surface area contributed by atoms with Gasteiger partial charge in [0.1, 0.15) is 11.9 Å². The number of esters is 1. The van der Waals surface area contributed by atoms with Gasteiger partial charge in [-0.25, -0.2) is 14.2 Å². The molecule has 0 N–H and O–H groups in total. The van der Waals surface area contributed by atoms with Gasteiger partial charge in [0, 0.05) is 34.7 Å². The van der Waals surface area contributed by atoms with Crippen molar-refractivity contribution in [2.75, 3.05) is 13.2 Å². The minimum atomic E-state index is -0.688. The van der Waals surface area contributed by atoms with Gasteiger partial charge in [-0.3, -0.25) is 4.99 Å². The van der Waals surface area contributed by atoms with Crippen LogP contribution in [-0.2, 0) is 9.53 Å². The summed E-state index contributed by atoms with van der Waals surface area (Å²) < 4.78 is 19.5. The molecule has 4 rings (SSSR count). The van der Waals surface area contributed by atoms with Crippen LogP contribution < -0.4 is 0 Å². The number of allylic oxidation sites excluding steroid dienone is 1. The van der Waals surface area contributed by atoms with E-state index in [1.807, 2.05) is 10.3 Å². The van der Waals surface area contributed by atoms with Gasteiger partial charge < -0.3 is 9.64 Å². The van der Waals surface area contributed by atoms with Gasteiger partial charge in [-0.2, -0.15) is 5.26 Å². The zero-order valence-electron chi connectivity index (χ0n) is 15.4. The van der Waals surface area contributed by atoms with E-state index in [0.29, 0.717) is 39.4 Å². The standard InChI is InChI=1S/C20H16BrFN4O2S/c1-2-28-20(27)16-15-7-11(9-23)10-26(15)18(19-24-5-6-29-19)25-17(16)13-4-3-12(22)8-14(13)21/h3-6,8,11,17H,2,7,10H2,1H3/t11-,17-/m0/s1. The highest BCUT2D eigenvalue weighted by Gasteiger charge is 2.42. The van der Waals surface area contributed by atoms with Crippen LogP contribution >= 0.6 is 27.3 Å². The molecule has 2 aromatic rings. The number of hydrogen-bond acceptors (Lipinski definition) is 7. The number of aromatic nitrogens is 1. The first-order valence-electron chi connectivity index (χ1n) is 9.03.